The summed E-state index contributed by atoms with van der Waals surface area (Å²) in [5, 5.41) is 8.89. The summed E-state index contributed by atoms with van der Waals surface area (Å²) >= 11 is 0. The van der Waals surface area contributed by atoms with Gasteiger partial charge in [-0.05, 0) is 17.7 Å². The summed E-state index contributed by atoms with van der Waals surface area (Å²) in [7, 11) is 0. The van der Waals surface area contributed by atoms with Crippen LogP contribution in [-0.2, 0) is 11.4 Å². The van der Waals surface area contributed by atoms with E-state index in [0.29, 0.717) is 13.0 Å². The second-order valence-corrected chi connectivity index (χ2v) is 3.79. The van der Waals surface area contributed by atoms with E-state index in [9.17, 15) is 4.79 Å². The Morgan fingerprint density at radius 3 is 2.53 bits per heavy atom. The highest BCUT2D eigenvalue weighted by Gasteiger charge is 2.27. The average molecular weight is 206 g/mol. The molecule has 0 aliphatic carbocycles. The first kappa shape index (κ1) is 10.1. The molecule has 1 atom stereocenters. The minimum Gasteiger partial charge on any atom is -0.392 e. The van der Waals surface area contributed by atoms with Crippen molar-refractivity contribution in [3.05, 3.63) is 29.8 Å². The molecule has 80 valence electrons. The molecule has 1 amide bonds. The van der Waals surface area contributed by atoms with Gasteiger partial charge in [0.15, 0.2) is 0 Å². The fourth-order valence-corrected chi connectivity index (χ4v) is 1.77. The number of aliphatic hydroxyl groups excluding tert-OH is 1. The number of nitrogens with two attached hydrogens (primary N) is 1. The molecular formula is C11H14N2O2. The zero-order valence-corrected chi connectivity index (χ0v) is 8.39. The van der Waals surface area contributed by atoms with Crippen molar-refractivity contribution in [2.45, 2.75) is 19.1 Å². The van der Waals surface area contributed by atoms with Gasteiger partial charge in [0.05, 0.1) is 6.61 Å². The number of hydrogen-bond acceptors (Lipinski definition) is 3. The number of carbonyl (C=O) groups excluding carboxylic acids is 1. The number of anilines is 1. The van der Waals surface area contributed by atoms with Crippen LogP contribution in [0.4, 0.5) is 5.69 Å². The van der Waals surface area contributed by atoms with Gasteiger partial charge in [0, 0.05) is 24.7 Å². The standard InChI is InChI=1S/C11H14N2O2/c12-9-5-11(15)13(6-9)10-3-1-8(7-14)2-4-10/h1-4,9,14H,5-7,12H2. The van der Waals surface area contributed by atoms with Gasteiger partial charge in [0.25, 0.3) is 0 Å². The molecule has 4 nitrogen and oxygen atoms in total. The Hall–Kier alpha value is -1.39. The zero-order valence-electron chi connectivity index (χ0n) is 8.39. The summed E-state index contributed by atoms with van der Waals surface area (Å²) in [5.41, 5.74) is 7.40. The van der Waals surface area contributed by atoms with Gasteiger partial charge < -0.3 is 15.7 Å². The fourth-order valence-electron chi connectivity index (χ4n) is 1.77. The van der Waals surface area contributed by atoms with Crippen molar-refractivity contribution in [3.63, 3.8) is 0 Å². The third-order valence-electron chi connectivity index (χ3n) is 2.59. The molecule has 1 unspecified atom stereocenters. The van der Waals surface area contributed by atoms with E-state index in [1.165, 1.54) is 0 Å². The lowest BCUT2D eigenvalue weighted by atomic mass is 10.2. The largest absolute Gasteiger partial charge is 0.392 e. The van der Waals surface area contributed by atoms with E-state index >= 15 is 0 Å². The Kier molecular flexibility index (Phi) is 2.70. The predicted molar refractivity (Wildman–Crippen MR) is 57.3 cm³/mol. The Bertz CT molecular complexity index is 361. The maximum atomic E-state index is 11.5. The van der Waals surface area contributed by atoms with E-state index in [4.69, 9.17) is 10.8 Å². The van der Waals surface area contributed by atoms with Gasteiger partial charge in [-0.15, -0.1) is 0 Å². The van der Waals surface area contributed by atoms with Crippen LogP contribution in [0.3, 0.4) is 0 Å². The third kappa shape index (κ3) is 2.00. The highest BCUT2D eigenvalue weighted by Crippen LogP contribution is 2.21. The molecule has 3 N–H and O–H groups in total. The van der Waals surface area contributed by atoms with Gasteiger partial charge in [-0.25, -0.2) is 0 Å². The molecule has 2 rings (SSSR count). The van der Waals surface area contributed by atoms with Crippen LogP contribution in [0.2, 0.25) is 0 Å². The van der Waals surface area contributed by atoms with E-state index in [0.717, 1.165) is 11.3 Å². The third-order valence-corrected chi connectivity index (χ3v) is 2.59. The van der Waals surface area contributed by atoms with Crippen molar-refractivity contribution < 1.29 is 9.90 Å². The smallest absolute Gasteiger partial charge is 0.228 e. The number of nitrogens with zero attached hydrogens (tertiary/aromatic N) is 1. The van der Waals surface area contributed by atoms with Gasteiger partial charge in [-0.1, -0.05) is 12.1 Å². The fraction of sp³-hybridized carbons (Fsp3) is 0.364. The molecular weight excluding hydrogens is 192 g/mol. The molecule has 0 bridgehead atoms. The van der Waals surface area contributed by atoms with Crippen LogP contribution in [0.25, 0.3) is 0 Å². The molecule has 1 fully saturated rings. The summed E-state index contributed by atoms with van der Waals surface area (Å²) in [6.07, 6.45) is 0.418. The van der Waals surface area contributed by atoms with Crippen molar-refractivity contribution in [1.82, 2.24) is 0 Å². The number of carbonyl (C=O) groups is 1. The quantitative estimate of drug-likeness (QED) is 0.728. The lowest BCUT2D eigenvalue weighted by Gasteiger charge is -2.16. The van der Waals surface area contributed by atoms with Crippen molar-refractivity contribution in [3.8, 4) is 0 Å². The van der Waals surface area contributed by atoms with Crippen molar-refractivity contribution in [2.24, 2.45) is 5.73 Å². The highest BCUT2D eigenvalue weighted by atomic mass is 16.3. The second kappa shape index (κ2) is 4.00. The molecule has 4 heteroatoms. The van der Waals surface area contributed by atoms with Crippen LogP contribution in [0.15, 0.2) is 24.3 Å². The Labute approximate surface area is 88.3 Å². The number of amides is 1. The second-order valence-electron chi connectivity index (χ2n) is 3.79. The van der Waals surface area contributed by atoms with Gasteiger partial charge in [0.2, 0.25) is 5.91 Å². The first-order chi connectivity index (χ1) is 7.20. The lowest BCUT2D eigenvalue weighted by Crippen LogP contribution is -2.27. The average Bonchev–Trinajstić information content (AvgIpc) is 2.58. The first-order valence-electron chi connectivity index (χ1n) is 4.96. The van der Waals surface area contributed by atoms with Crippen LogP contribution >= 0.6 is 0 Å². The SMILES string of the molecule is NC1CC(=O)N(c2ccc(CO)cc2)C1. The summed E-state index contributed by atoms with van der Waals surface area (Å²) in [6.45, 7) is 0.602. The van der Waals surface area contributed by atoms with E-state index in [1.54, 1.807) is 4.90 Å². The van der Waals surface area contributed by atoms with Crippen LogP contribution in [-0.4, -0.2) is 23.6 Å². The molecule has 1 aromatic rings. The molecule has 1 saturated heterocycles. The van der Waals surface area contributed by atoms with E-state index in [1.807, 2.05) is 24.3 Å². The Balaban J connectivity index is 2.19. The van der Waals surface area contributed by atoms with E-state index in [-0.39, 0.29) is 18.6 Å². The summed E-state index contributed by atoms with van der Waals surface area (Å²) in [4.78, 5) is 13.2. The molecule has 0 spiro atoms. The maximum Gasteiger partial charge on any atom is 0.228 e. The number of aliphatic hydroxyl groups is 1. The van der Waals surface area contributed by atoms with Gasteiger partial charge in [0.1, 0.15) is 0 Å². The highest BCUT2D eigenvalue weighted by molar-refractivity contribution is 5.96. The molecule has 1 aromatic carbocycles. The minimum absolute atomic E-state index is 0.0216. The van der Waals surface area contributed by atoms with Crippen LogP contribution < -0.4 is 10.6 Å². The van der Waals surface area contributed by atoms with Crippen LogP contribution in [0.1, 0.15) is 12.0 Å². The van der Waals surface area contributed by atoms with E-state index in [2.05, 4.69) is 0 Å². The Morgan fingerprint density at radius 1 is 1.40 bits per heavy atom. The minimum atomic E-state index is -0.0602. The van der Waals surface area contributed by atoms with E-state index < -0.39 is 0 Å². The van der Waals surface area contributed by atoms with Crippen molar-refractivity contribution in [1.29, 1.82) is 0 Å². The van der Waals surface area contributed by atoms with Crippen molar-refractivity contribution >= 4 is 11.6 Å². The summed E-state index contributed by atoms with van der Waals surface area (Å²) in [6, 6.07) is 7.23. The summed E-state index contributed by atoms with van der Waals surface area (Å²) in [5.74, 6) is 0.0687. The first-order valence-corrected chi connectivity index (χ1v) is 4.96. The molecule has 0 radical (unpaired) electrons. The lowest BCUT2D eigenvalue weighted by molar-refractivity contribution is -0.117. The Morgan fingerprint density at radius 2 is 2.07 bits per heavy atom. The molecule has 1 aliphatic heterocycles. The molecule has 0 aromatic heterocycles. The summed E-state index contributed by atoms with van der Waals surface area (Å²) < 4.78 is 0. The number of benzene rings is 1. The maximum absolute atomic E-state index is 11.5. The monoisotopic (exact) mass is 206 g/mol. The van der Waals surface area contributed by atoms with Gasteiger partial charge in [-0.3, -0.25) is 4.79 Å². The topological polar surface area (TPSA) is 66.6 Å². The number of hydrogen-bond donors (Lipinski definition) is 2. The molecule has 1 heterocycles. The molecule has 15 heavy (non-hydrogen) atoms. The van der Waals surface area contributed by atoms with Crippen LogP contribution in [0, 0.1) is 0 Å². The van der Waals surface area contributed by atoms with Gasteiger partial charge >= 0.3 is 0 Å². The van der Waals surface area contributed by atoms with Gasteiger partial charge in [-0.2, -0.15) is 0 Å². The zero-order chi connectivity index (χ0) is 10.8. The number of rotatable bonds is 2. The molecule has 1 aliphatic rings. The van der Waals surface area contributed by atoms with Crippen LogP contribution in [0.5, 0.6) is 0 Å². The molecule has 0 saturated carbocycles. The normalized spacial score (nSPS) is 21.1. The predicted octanol–water partition coefficient (Wildman–Crippen LogP) is 0.243. The van der Waals surface area contributed by atoms with Crippen molar-refractivity contribution in [2.75, 3.05) is 11.4 Å².